The number of ketones is 1. The van der Waals surface area contributed by atoms with Gasteiger partial charge in [-0.3, -0.25) is 14.4 Å². The van der Waals surface area contributed by atoms with Crippen molar-refractivity contribution in [2.45, 2.75) is 56.4 Å². The number of carbonyl (C=O) groups excluding carboxylic acids is 3. The Morgan fingerprint density at radius 2 is 1.80 bits per heavy atom. The third-order valence-electron chi connectivity index (χ3n) is 7.04. The molecule has 5 aliphatic heterocycles. The summed E-state index contributed by atoms with van der Waals surface area (Å²) in [6.45, 7) is 1.71. The summed E-state index contributed by atoms with van der Waals surface area (Å²) in [5.41, 5.74) is 0.189. The summed E-state index contributed by atoms with van der Waals surface area (Å²) in [4.78, 5) is 38.6. The summed E-state index contributed by atoms with van der Waals surface area (Å²) in [7, 11) is 0. The highest BCUT2D eigenvalue weighted by atomic mass is 19.1. The number of piperazine rings is 1. The van der Waals surface area contributed by atoms with E-state index in [0.29, 0.717) is 32.2 Å². The molecular weight excluding hydrogens is 394 g/mol. The van der Waals surface area contributed by atoms with Gasteiger partial charge in [0.25, 0.3) is 5.91 Å². The second-order valence-corrected chi connectivity index (χ2v) is 8.68. The fourth-order valence-electron chi connectivity index (χ4n) is 5.37. The maximum atomic E-state index is 15.5. The molecule has 1 aromatic rings. The van der Waals surface area contributed by atoms with Crippen LogP contribution in [-0.2, 0) is 16.1 Å². The summed E-state index contributed by atoms with van der Waals surface area (Å²) in [6, 6.07) is 0.748. The van der Waals surface area contributed by atoms with Crippen LogP contribution in [-0.4, -0.2) is 66.7 Å². The van der Waals surface area contributed by atoms with Crippen molar-refractivity contribution >= 4 is 23.7 Å². The molecule has 30 heavy (non-hydrogen) atoms. The molecule has 4 atom stereocenters. The van der Waals surface area contributed by atoms with Gasteiger partial charge in [0, 0.05) is 49.4 Å². The van der Waals surface area contributed by atoms with Crippen molar-refractivity contribution in [2.24, 2.45) is 0 Å². The third-order valence-corrected chi connectivity index (χ3v) is 7.04. The van der Waals surface area contributed by atoms with Crippen molar-refractivity contribution in [1.29, 1.82) is 0 Å². The normalized spacial score (nSPS) is 30.5. The van der Waals surface area contributed by atoms with E-state index in [1.807, 2.05) is 4.90 Å². The lowest BCUT2D eigenvalue weighted by atomic mass is 9.92. The molecule has 2 N–H and O–H groups in total. The first-order chi connectivity index (χ1) is 14.5. The molecule has 0 aliphatic carbocycles. The number of nitrogens with zero attached hydrogens (tertiary/aromatic N) is 2. The molecule has 1 aromatic carbocycles. The number of nitrogens with one attached hydrogen (secondary N) is 2. The molecule has 1 amide bonds. The van der Waals surface area contributed by atoms with E-state index < -0.39 is 29.4 Å². The number of Topliss-reactive ketones (excluding diaryl/α,β-unsaturated/α-hetero) is 1. The van der Waals surface area contributed by atoms with Crippen LogP contribution in [0.15, 0.2) is 6.07 Å². The van der Waals surface area contributed by atoms with Gasteiger partial charge in [-0.1, -0.05) is 0 Å². The zero-order chi connectivity index (χ0) is 21.0. The summed E-state index contributed by atoms with van der Waals surface area (Å²) < 4.78 is 30.5. The Kier molecular flexibility index (Phi) is 4.82. The number of piperidine rings is 3. The van der Waals surface area contributed by atoms with Gasteiger partial charge < -0.3 is 20.4 Å². The first-order valence-corrected chi connectivity index (χ1v) is 10.5. The highest BCUT2D eigenvalue weighted by Crippen LogP contribution is 2.38. The molecule has 5 aliphatic rings. The summed E-state index contributed by atoms with van der Waals surface area (Å²) >= 11 is 0. The van der Waals surface area contributed by atoms with Gasteiger partial charge in [-0.05, 0) is 25.7 Å². The van der Waals surface area contributed by atoms with Crippen LogP contribution in [0.2, 0.25) is 0 Å². The second kappa shape index (κ2) is 7.39. The van der Waals surface area contributed by atoms with Gasteiger partial charge in [0.05, 0.1) is 23.8 Å². The molecule has 4 saturated heterocycles. The van der Waals surface area contributed by atoms with E-state index in [9.17, 15) is 18.8 Å². The number of amides is 1. The molecular formula is C21H24F2N4O3. The molecule has 9 heteroatoms. The van der Waals surface area contributed by atoms with Gasteiger partial charge in [-0.15, -0.1) is 0 Å². The van der Waals surface area contributed by atoms with E-state index in [0.717, 1.165) is 19.4 Å². The number of hydrogen-bond acceptors (Lipinski definition) is 6. The number of hydrogen-bond donors (Lipinski definition) is 2. The lowest BCUT2D eigenvalue weighted by Gasteiger charge is -2.47. The van der Waals surface area contributed by atoms with E-state index in [1.54, 1.807) is 0 Å². The smallest absolute Gasteiger partial charge is 0.257 e. The first-order valence-electron chi connectivity index (χ1n) is 10.5. The lowest BCUT2D eigenvalue weighted by molar-refractivity contribution is -0.131. The summed E-state index contributed by atoms with van der Waals surface area (Å²) in [6.07, 6.45) is 3.17. The molecule has 0 aromatic heterocycles. The average Bonchev–Trinajstić information content (AvgIpc) is 3.14. The maximum Gasteiger partial charge on any atom is 0.257 e. The molecule has 0 spiro atoms. The predicted molar refractivity (Wildman–Crippen MR) is 104 cm³/mol. The zero-order valence-corrected chi connectivity index (χ0v) is 16.5. The number of carbonyl (C=O) groups is 3. The quantitative estimate of drug-likeness (QED) is 0.555. The van der Waals surface area contributed by atoms with E-state index in [2.05, 4.69) is 10.6 Å². The van der Waals surface area contributed by atoms with Crippen molar-refractivity contribution in [1.82, 2.24) is 15.5 Å². The largest absolute Gasteiger partial charge is 0.363 e. The number of benzene rings is 1. The van der Waals surface area contributed by atoms with Crippen LogP contribution in [0.5, 0.6) is 0 Å². The monoisotopic (exact) mass is 418 g/mol. The van der Waals surface area contributed by atoms with Crippen LogP contribution >= 0.6 is 0 Å². The van der Waals surface area contributed by atoms with Crippen LogP contribution in [0.25, 0.3) is 0 Å². The van der Waals surface area contributed by atoms with Gasteiger partial charge in [-0.2, -0.15) is 0 Å². The highest BCUT2D eigenvalue weighted by Gasteiger charge is 2.42. The van der Waals surface area contributed by atoms with E-state index in [-0.39, 0.29) is 41.5 Å². The first kappa shape index (κ1) is 19.6. The Morgan fingerprint density at radius 1 is 1.07 bits per heavy atom. The van der Waals surface area contributed by atoms with Gasteiger partial charge in [0.2, 0.25) is 5.78 Å². The fraction of sp³-hybridized carbons (Fsp3) is 0.571. The van der Waals surface area contributed by atoms with Crippen molar-refractivity contribution in [3.8, 4) is 0 Å². The zero-order valence-electron chi connectivity index (χ0n) is 16.5. The Bertz CT molecular complexity index is 908. The summed E-state index contributed by atoms with van der Waals surface area (Å²) in [5.74, 6) is -2.22. The standard InChI is InChI=1S/C21H24F2N4O3/c22-15-5-17(26-8-11-1-2-12(26)6-24-11)20(23)14-9-27(21(30)19(14)15)13-3-4-16(25-7-13)18(29)10-28/h5,10-13,16,24-25H,1-4,6-9H2. The Balaban J connectivity index is 1.38. The van der Waals surface area contributed by atoms with Crippen LogP contribution < -0.4 is 15.5 Å². The average molecular weight is 418 g/mol. The van der Waals surface area contributed by atoms with Gasteiger partial charge in [0.1, 0.15) is 5.82 Å². The molecule has 7 nitrogen and oxygen atoms in total. The topological polar surface area (TPSA) is 81.8 Å². The third kappa shape index (κ3) is 3.02. The number of rotatable bonds is 4. The molecule has 5 heterocycles. The van der Waals surface area contributed by atoms with Crippen molar-refractivity contribution in [3.63, 3.8) is 0 Å². The number of fused-ring (bicyclic) bond motifs is 4. The number of aldehydes is 1. The summed E-state index contributed by atoms with van der Waals surface area (Å²) in [5, 5.41) is 6.38. The minimum atomic E-state index is -0.680. The second-order valence-electron chi connectivity index (χ2n) is 8.68. The number of anilines is 1. The van der Waals surface area contributed by atoms with Crippen molar-refractivity contribution < 1.29 is 23.2 Å². The Hall–Kier alpha value is -2.39. The minimum absolute atomic E-state index is 0.0174. The van der Waals surface area contributed by atoms with Gasteiger partial charge in [0.15, 0.2) is 12.1 Å². The van der Waals surface area contributed by atoms with Crippen LogP contribution in [0.1, 0.15) is 41.6 Å². The van der Waals surface area contributed by atoms with Crippen molar-refractivity contribution in [2.75, 3.05) is 24.5 Å². The maximum absolute atomic E-state index is 15.5. The molecule has 160 valence electrons. The van der Waals surface area contributed by atoms with Crippen LogP contribution in [0, 0.1) is 11.6 Å². The molecule has 0 radical (unpaired) electrons. The molecule has 4 fully saturated rings. The number of halogens is 2. The lowest BCUT2D eigenvalue weighted by Crippen LogP contribution is -2.61. The van der Waals surface area contributed by atoms with Crippen LogP contribution in [0.3, 0.4) is 0 Å². The van der Waals surface area contributed by atoms with Gasteiger partial charge >= 0.3 is 0 Å². The highest BCUT2D eigenvalue weighted by molar-refractivity contribution is 6.27. The molecule has 2 bridgehead atoms. The molecule has 6 rings (SSSR count). The minimum Gasteiger partial charge on any atom is -0.363 e. The molecule has 0 saturated carbocycles. The van der Waals surface area contributed by atoms with Gasteiger partial charge in [-0.25, -0.2) is 8.78 Å². The molecule has 4 unspecified atom stereocenters. The fourth-order valence-corrected chi connectivity index (χ4v) is 5.37. The predicted octanol–water partition coefficient (Wildman–Crippen LogP) is 0.750. The Labute approximate surface area is 172 Å². The Morgan fingerprint density at radius 3 is 2.40 bits per heavy atom. The van der Waals surface area contributed by atoms with E-state index >= 15 is 4.39 Å². The SMILES string of the molecule is O=CC(=O)C1CCC(N2Cc3c(F)c(N4CC5CCC4CN5)cc(F)c3C2=O)CN1. The van der Waals surface area contributed by atoms with Crippen LogP contribution in [0.4, 0.5) is 14.5 Å². The van der Waals surface area contributed by atoms with Crippen molar-refractivity contribution in [3.05, 3.63) is 28.8 Å². The van der Waals surface area contributed by atoms with E-state index in [4.69, 9.17) is 0 Å². The van der Waals surface area contributed by atoms with E-state index in [1.165, 1.54) is 11.0 Å².